The van der Waals surface area contributed by atoms with Gasteiger partial charge in [0.2, 0.25) is 5.95 Å². The SMILES string of the molecule is Cn1c(=O)nc(N)c2c(=O)[nH]c(Nc3ccc(-c4cccc5ccccc45)cc3)nc21. The number of benzene rings is 3. The predicted molar refractivity (Wildman–Crippen MR) is 122 cm³/mol. The van der Waals surface area contributed by atoms with Crippen molar-refractivity contribution < 1.29 is 0 Å². The average molecular weight is 410 g/mol. The van der Waals surface area contributed by atoms with Gasteiger partial charge in [-0.2, -0.15) is 9.97 Å². The Morgan fingerprint density at radius 1 is 0.935 bits per heavy atom. The summed E-state index contributed by atoms with van der Waals surface area (Å²) in [5.41, 5.74) is 7.80. The molecule has 3 aromatic carbocycles. The molecule has 0 radical (unpaired) electrons. The Kier molecular flexibility index (Phi) is 4.25. The molecule has 0 unspecified atom stereocenters. The first-order valence-electron chi connectivity index (χ1n) is 9.63. The number of fused-ring (bicyclic) bond motifs is 2. The van der Waals surface area contributed by atoms with Gasteiger partial charge in [0.1, 0.15) is 11.2 Å². The first kappa shape index (κ1) is 18.6. The van der Waals surface area contributed by atoms with Crippen LogP contribution in [-0.4, -0.2) is 19.5 Å². The van der Waals surface area contributed by atoms with Crippen molar-refractivity contribution in [2.24, 2.45) is 7.05 Å². The van der Waals surface area contributed by atoms with E-state index in [2.05, 4.69) is 44.5 Å². The maximum absolute atomic E-state index is 12.5. The van der Waals surface area contributed by atoms with Crippen molar-refractivity contribution in [3.63, 3.8) is 0 Å². The van der Waals surface area contributed by atoms with Crippen LogP contribution in [0.2, 0.25) is 0 Å². The minimum atomic E-state index is -0.575. The second-order valence-corrected chi connectivity index (χ2v) is 7.18. The molecule has 0 saturated carbocycles. The molecule has 0 bridgehead atoms. The van der Waals surface area contributed by atoms with E-state index >= 15 is 0 Å². The average Bonchev–Trinajstić information content (AvgIpc) is 2.77. The molecule has 4 N–H and O–H groups in total. The Labute approximate surface area is 176 Å². The number of hydrogen-bond donors (Lipinski definition) is 3. The van der Waals surface area contributed by atoms with Crippen LogP contribution in [0.5, 0.6) is 0 Å². The summed E-state index contributed by atoms with van der Waals surface area (Å²) in [5, 5.41) is 5.52. The Morgan fingerprint density at radius 3 is 2.48 bits per heavy atom. The fourth-order valence-corrected chi connectivity index (χ4v) is 3.67. The Balaban J connectivity index is 1.52. The zero-order chi connectivity index (χ0) is 21.5. The van der Waals surface area contributed by atoms with Crippen molar-refractivity contribution >= 4 is 39.3 Å². The Bertz CT molecular complexity index is 1560. The number of aromatic nitrogens is 4. The van der Waals surface area contributed by atoms with Crippen LogP contribution in [0.1, 0.15) is 0 Å². The highest BCUT2D eigenvalue weighted by atomic mass is 16.1. The number of rotatable bonds is 3. The lowest BCUT2D eigenvalue weighted by molar-refractivity contribution is 0.837. The molecule has 2 heterocycles. The van der Waals surface area contributed by atoms with E-state index in [-0.39, 0.29) is 22.8 Å². The third kappa shape index (κ3) is 3.20. The van der Waals surface area contributed by atoms with Gasteiger partial charge in [0.25, 0.3) is 5.56 Å². The fourth-order valence-electron chi connectivity index (χ4n) is 3.67. The van der Waals surface area contributed by atoms with E-state index in [4.69, 9.17) is 5.73 Å². The lowest BCUT2D eigenvalue weighted by atomic mass is 9.98. The molecule has 0 fully saturated rings. The van der Waals surface area contributed by atoms with Crippen molar-refractivity contribution in [3.8, 4) is 11.1 Å². The van der Waals surface area contributed by atoms with Gasteiger partial charge < -0.3 is 11.1 Å². The smallest absolute Gasteiger partial charge is 0.350 e. The van der Waals surface area contributed by atoms with Gasteiger partial charge in [-0.15, -0.1) is 0 Å². The standard InChI is InChI=1S/C23H18N6O2/c1-29-20-18(19(24)26-23(29)31)21(30)28-22(27-20)25-15-11-9-14(10-12-15)17-8-4-6-13-5-2-3-7-16(13)17/h2-12H,1H3,(H2,24,26,31)(H2,25,27,28,30). The number of aromatic amines is 1. The Morgan fingerprint density at radius 2 is 1.68 bits per heavy atom. The summed E-state index contributed by atoms with van der Waals surface area (Å²) in [4.78, 5) is 35.0. The summed E-state index contributed by atoms with van der Waals surface area (Å²) >= 11 is 0. The topological polar surface area (TPSA) is 119 Å². The number of H-pyrrole nitrogens is 1. The maximum Gasteiger partial charge on any atom is 0.350 e. The molecule has 5 aromatic rings. The molecule has 0 saturated heterocycles. The minimum absolute atomic E-state index is 0.0824. The van der Waals surface area contributed by atoms with Crippen LogP contribution in [-0.2, 0) is 7.05 Å². The van der Waals surface area contributed by atoms with Crippen molar-refractivity contribution in [3.05, 3.63) is 87.6 Å². The molecule has 0 spiro atoms. The molecule has 31 heavy (non-hydrogen) atoms. The maximum atomic E-state index is 12.5. The van der Waals surface area contributed by atoms with Crippen molar-refractivity contribution in [2.45, 2.75) is 0 Å². The fraction of sp³-hybridized carbons (Fsp3) is 0.0435. The van der Waals surface area contributed by atoms with Gasteiger partial charge in [0.15, 0.2) is 5.65 Å². The number of nitrogens with one attached hydrogen (secondary N) is 2. The highest BCUT2D eigenvalue weighted by Crippen LogP contribution is 2.29. The molecule has 8 heteroatoms. The molecule has 2 aromatic heterocycles. The van der Waals surface area contributed by atoms with E-state index < -0.39 is 11.2 Å². The van der Waals surface area contributed by atoms with Crippen LogP contribution < -0.4 is 22.3 Å². The molecule has 0 amide bonds. The third-order valence-corrected chi connectivity index (χ3v) is 5.23. The summed E-state index contributed by atoms with van der Waals surface area (Å²) in [6, 6.07) is 22.3. The van der Waals surface area contributed by atoms with Crippen LogP contribution in [0, 0.1) is 0 Å². The van der Waals surface area contributed by atoms with Crippen molar-refractivity contribution in [2.75, 3.05) is 11.1 Å². The molecule has 0 atom stereocenters. The number of aryl methyl sites for hydroxylation is 1. The summed E-state index contributed by atoms with van der Waals surface area (Å²) in [6.07, 6.45) is 0. The normalized spacial score (nSPS) is 11.1. The number of nitrogens with zero attached hydrogens (tertiary/aromatic N) is 3. The van der Waals surface area contributed by atoms with Crippen LogP contribution in [0.3, 0.4) is 0 Å². The summed E-state index contributed by atoms with van der Waals surface area (Å²) in [5.74, 6) is 0.0638. The van der Waals surface area contributed by atoms with Crippen LogP contribution in [0.25, 0.3) is 32.9 Å². The Hall–Kier alpha value is -4.46. The molecule has 5 rings (SSSR count). The summed E-state index contributed by atoms with van der Waals surface area (Å²) < 4.78 is 1.19. The predicted octanol–water partition coefficient (Wildman–Crippen LogP) is 3.16. The van der Waals surface area contributed by atoms with Gasteiger partial charge in [-0.3, -0.25) is 14.3 Å². The van der Waals surface area contributed by atoms with E-state index in [1.807, 2.05) is 42.5 Å². The molecule has 0 aliphatic heterocycles. The second-order valence-electron chi connectivity index (χ2n) is 7.18. The molecule has 152 valence electrons. The van der Waals surface area contributed by atoms with Crippen LogP contribution >= 0.6 is 0 Å². The molecular formula is C23H18N6O2. The minimum Gasteiger partial charge on any atom is -0.383 e. The first-order valence-corrected chi connectivity index (χ1v) is 9.63. The van der Waals surface area contributed by atoms with Crippen molar-refractivity contribution in [1.82, 2.24) is 19.5 Å². The van der Waals surface area contributed by atoms with E-state index in [9.17, 15) is 9.59 Å². The van der Waals surface area contributed by atoms with E-state index in [1.165, 1.54) is 22.4 Å². The molecule has 0 aliphatic carbocycles. The first-order chi connectivity index (χ1) is 15.0. The van der Waals surface area contributed by atoms with Gasteiger partial charge in [-0.25, -0.2) is 4.79 Å². The van der Waals surface area contributed by atoms with Crippen molar-refractivity contribution in [1.29, 1.82) is 0 Å². The zero-order valence-electron chi connectivity index (χ0n) is 16.6. The summed E-state index contributed by atoms with van der Waals surface area (Å²) in [7, 11) is 1.49. The quantitative estimate of drug-likeness (QED) is 0.420. The van der Waals surface area contributed by atoms with Gasteiger partial charge >= 0.3 is 5.69 Å². The number of anilines is 3. The second kappa shape index (κ2) is 7.10. The van der Waals surface area contributed by atoms with E-state index in [0.717, 1.165) is 16.8 Å². The molecule has 0 aliphatic rings. The van der Waals surface area contributed by atoms with Gasteiger partial charge in [0, 0.05) is 12.7 Å². The van der Waals surface area contributed by atoms with E-state index in [0.29, 0.717) is 0 Å². The lowest BCUT2D eigenvalue weighted by Gasteiger charge is -2.10. The number of hydrogen-bond acceptors (Lipinski definition) is 6. The van der Waals surface area contributed by atoms with Gasteiger partial charge in [-0.1, -0.05) is 54.6 Å². The number of nitrogens with two attached hydrogens (primary N) is 1. The van der Waals surface area contributed by atoms with E-state index in [1.54, 1.807) is 0 Å². The zero-order valence-corrected chi connectivity index (χ0v) is 16.6. The van der Waals surface area contributed by atoms with Gasteiger partial charge in [0.05, 0.1) is 0 Å². The molecular weight excluding hydrogens is 392 g/mol. The van der Waals surface area contributed by atoms with Gasteiger partial charge in [-0.05, 0) is 34.0 Å². The molecule has 8 nitrogen and oxygen atoms in total. The largest absolute Gasteiger partial charge is 0.383 e. The third-order valence-electron chi connectivity index (χ3n) is 5.23. The van der Waals surface area contributed by atoms with Crippen LogP contribution in [0.15, 0.2) is 76.3 Å². The highest BCUT2D eigenvalue weighted by molar-refractivity contribution is 5.96. The monoisotopic (exact) mass is 410 g/mol. The van der Waals surface area contributed by atoms with Crippen LogP contribution in [0.4, 0.5) is 17.5 Å². The summed E-state index contributed by atoms with van der Waals surface area (Å²) in [6.45, 7) is 0. The number of nitrogen functional groups attached to an aromatic ring is 1. The highest BCUT2D eigenvalue weighted by Gasteiger charge is 2.13. The lowest BCUT2D eigenvalue weighted by Crippen LogP contribution is -2.26.